The lowest BCUT2D eigenvalue weighted by Gasteiger charge is -2.11. The molecule has 0 bridgehead atoms. The molecule has 7 nitrogen and oxygen atoms in total. The number of nitrogens with one attached hydrogen (secondary N) is 3. The molecule has 0 radical (unpaired) electrons. The number of benzene rings is 2. The molecule has 1 heterocycles. The van der Waals surface area contributed by atoms with Crippen molar-refractivity contribution < 1.29 is 9.90 Å². The minimum Gasteiger partial charge on any atom is -0.505 e. The third kappa shape index (κ3) is 3.85. The second kappa shape index (κ2) is 7.48. The predicted molar refractivity (Wildman–Crippen MR) is 107 cm³/mol. The molecule has 0 saturated carbocycles. The third-order valence-electron chi connectivity index (χ3n) is 3.58. The highest BCUT2D eigenvalue weighted by Gasteiger charge is 2.17. The van der Waals surface area contributed by atoms with Gasteiger partial charge >= 0.3 is 6.03 Å². The molecule has 0 atom stereocenters. The van der Waals surface area contributed by atoms with E-state index in [1.54, 1.807) is 12.1 Å². The minimum atomic E-state index is -1.12. The molecule has 0 aliphatic rings. The van der Waals surface area contributed by atoms with Gasteiger partial charge in [-0.2, -0.15) is 0 Å². The molecule has 0 aliphatic carbocycles. The van der Waals surface area contributed by atoms with E-state index >= 15 is 0 Å². The maximum absolute atomic E-state index is 12.3. The molecular formula is C17H10Cl3N3O4. The number of fused-ring (bicyclic) bond motifs is 1. The van der Waals surface area contributed by atoms with Crippen molar-refractivity contribution in [2.24, 2.45) is 0 Å². The van der Waals surface area contributed by atoms with Crippen LogP contribution in [0.1, 0.15) is 0 Å². The Kier molecular flexibility index (Phi) is 5.27. The van der Waals surface area contributed by atoms with Crippen LogP contribution in [0, 0.1) is 0 Å². The van der Waals surface area contributed by atoms with E-state index in [0.29, 0.717) is 0 Å². The number of carbonyl (C=O) groups excluding carboxylic acids is 1. The van der Waals surface area contributed by atoms with Crippen LogP contribution >= 0.6 is 34.8 Å². The van der Waals surface area contributed by atoms with Gasteiger partial charge in [0.2, 0.25) is 0 Å². The monoisotopic (exact) mass is 425 g/mol. The summed E-state index contributed by atoms with van der Waals surface area (Å²) in [5, 5.41) is 15.5. The maximum atomic E-state index is 12.3. The maximum Gasteiger partial charge on any atom is 0.323 e. The van der Waals surface area contributed by atoms with Gasteiger partial charge in [-0.25, -0.2) is 4.79 Å². The van der Waals surface area contributed by atoms with Gasteiger partial charge in [-0.3, -0.25) is 9.59 Å². The van der Waals surface area contributed by atoms with Crippen LogP contribution in [-0.4, -0.2) is 16.1 Å². The van der Waals surface area contributed by atoms with Gasteiger partial charge in [0, 0.05) is 10.4 Å². The molecule has 0 fully saturated rings. The first kappa shape index (κ1) is 19.0. The summed E-state index contributed by atoms with van der Waals surface area (Å²) < 4.78 is 0. The molecule has 0 unspecified atom stereocenters. The van der Waals surface area contributed by atoms with Crippen LogP contribution in [-0.2, 0) is 0 Å². The summed E-state index contributed by atoms with van der Waals surface area (Å²) in [4.78, 5) is 38.9. The summed E-state index contributed by atoms with van der Waals surface area (Å²) in [5.41, 5.74) is -2.44. The molecule has 3 rings (SSSR count). The van der Waals surface area contributed by atoms with Crippen molar-refractivity contribution in [2.45, 2.75) is 0 Å². The first-order valence-electron chi connectivity index (χ1n) is 7.38. The summed E-state index contributed by atoms with van der Waals surface area (Å²) in [7, 11) is 0. The highest BCUT2D eigenvalue weighted by atomic mass is 35.5. The number of hydrogen-bond acceptors (Lipinski definition) is 4. The van der Waals surface area contributed by atoms with Crippen molar-refractivity contribution in [1.82, 2.24) is 4.98 Å². The van der Waals surface area contributed by atoms with Gasteiger partial charge in [-0.1, -0.05) is 46.9 Å². The van der Waals surface area contributed by atoms with Gasteiger partial charge in [0.05, 0.1) is 21.2 Å². The number of urea groups is 1. The highest BCUT2D eigenvalue weighted by molar-refractivity contribution is 6.42. The SMILES string of the molecule is O=C(Nc1c(Cl)cc(Cl)cc1Cl)Nc1c(O)c2ccccc2[nH]c(=O)c1=O. The predicted octanol–water partition coefficient (Wildman–Crippen LogP) is 4.20. The number of aromatic amines is 1. The van der Waals surface area contributed by atoms with Gasteiger partial charge in [0.25, 0.3) is 11.0 Å². The van der Waals surface area contributed by atoms with Crippen molar-refractivity contribution in [1.29, 1.82) is 0 Å². The zero-order chi connectivity index (χ0) is 19.7. The lowest BCUT2D eigenvalue weighted by atomic mass is 10.2. The molecule has 2 amide bonds. The van der Waals surface area contributed by atoms with Gasteiger partial charge in [-0.05, 0) is 24.3 Å². The Hall–Kier alpha value is -2.74. The fraction of sp³-hybridized carbons (Fsp3) is 0. The molecule has 2 aromatic carbocycles. The van der Waals surface area contributed by atoms with Crippen LogP contribution in [0.2, 0.25) is 15.1 Å². The fourth-order valence-corrected chi connectivity index (χ4v) is 3.28. The number of amides is 2. The lowest BCUT2D eigenvalue weighted by molar-refractivity contribution is 0.262. The van der Waals surface area contributed by atoms with E-state index in [4.69, 9.17) is 34.8 Å². The molecule has 0 aliphatic heterocycles. The highest BCUT2D eigenvalue weighted by Crippen LogP contribution is 2.34. The van der Waals surface area contributed by atoms with Crippen molar-refractivity contribution >= 4 is 63.1 Å². The average Bonchev–Trinajstić information content (AvgIpc) is 2.69. The number of hydrogen-bond donors (Lipinski definition) is 4. The molecule has 138 valence electrons. The largest absolute Gasteiger partial charge is 0.505 e. The zero-order valence-electron chi connectivity index (χ0n) is 13.3. The molecule has 1 aromatic heterocycles. The van der Waals surface area contributed by atoms with E-state index in [1.165, 1.54) is 24.3 Å². The summed E-state index contributed by atoms with van der Waals surface area (Å²) in [6.07, 6.45) is 0. The van der Waals surface area contributed by atoms with Crippen molar-refractivity contribution in [3.05, 3.63) is 72.0 Å². The third-order valence-corrected chi connectivity index (χ3v) is 4.40. The number of aromatic hydroxyl groups is 1. The van der Waals surface area contributed by atoms with Crippen molar-refractivity contribution in [3.63, 3.8) is 0 Å². The molecule has 3 aromatic rings. The van der Waals surface area contributed by atoms with Crippen LogP contribution < -0.4 is 21.6 Å². The molecular weight excluding hydrogens is 417 g/mol. The summed E-state index contributed by atoms with van der Waals surface area (Å²) in [6, 6.07) is 7.99. The second-order valence-electron chi connectivity index (χ2n) is 5.38. The lowest BCUT2D eigenvalue weighted by Crippen LogP contribution is -2.30. The summed E-state index contributed by atoms with van der Waals surface area (Å²) >= 11 is 17.8. The number of aromatic nitrogens is 1. The van der Waals surface area contributed by atoms with E-state index in [0.717, 1.165) is 0 Å². The van der Waals surface area contributed by atoms with Gasteiger partial charge in [-0.15, -0.1) is 0 Å². The minimum absolute atomic E-state index is 0.0474. The molecule has 10 heteroatoms. The number of H-pyrrole nitrogens is 1. The van der Waals surface area contributed by atoms with Gasteiger partial charge in [0.1, 0.15) is 5.69 Å². The number of rotatable bonds is 2. The summed E-state index contributed by atoms with van der Waals surface area (Å²) in [5.74, 6) is -0.558. The Morgan fingerprint density at radius 3 is 2.22 bits per heavy atom. The Balaban J connectivity index is 2.04. The second-order valence-corrected chi connectivity index (χ2v) is 6.63. The molecule has 27 heavy (non-hydrogen) atoms. The van der Waals surface area contributed by atoms with Crippen molar-refractivity contribution in [2.75, 3.05) is 10.6 Å². The van der Waals surface area contributed by atoms with E-state index in [9.17, 15) is 19.5 Å². The van der Waals surface area contributed by atoms with Gasteiger partial charge < -0.3 is 20.7 Å². The topological polar surface area (TPSA) is 111 Å². The van der Waals surface area contributed by atoms with Crippen LogP contribution in [0.3, 0.4) is 0 Å². The molecule has 0 spiro atoms. The van der Waals surface area contributed by atoms with E-state index in [2.05, 4.69) is 15.6 Å². The van der Waals surface area contributed by atoms with Crippen LogP contribution in [0.4, 0.5) is 16.2 Å². The first-order chi connectivity index (χ1) is 12.8. The van der Waals surface area contributed by atoms with Crippen LogP contribution in [0.5, 0.6) is 5.75 Å². The Morgan fingerprint density at radius 2 is 1.56 bits per heavy atom. The quantitative estimate of drug-likeness (QED) is 0.460. The van der Waals surface area contributed by atoms with E-state index < -0.39 is 28.5 Å². The van der Waals surface area contributed by atoms with Crippen LogP contribution in [0.25, 0.3) is 10.9 Å². The first-order valence-corrected chi connectivity index (χ1v) is 8.52. The number of carbonyl (C=O) groups is 1. The Morgan fingerprint density at radius 1 is 0.963 bits per heavy atom. The Labute approximate surface area is 166 Å². The average molecular weight is 427 g/mol. The Bertz CT molecular complexity index is 1170. The number of para-hydroxylation sites is 1. The van der Waals surface area contributed by atoms with Crippen molar-refractivity contribution in [3.8, 4) is 5.75 Å². The summed E-state index contributed by atoms with van der Waals surface area (Å²) in [6.45, 7) is 0. The standard InChI is InChI=1S/C17H10Cl3N3O4/c18-7-5-9(19)12(10(20)6-7)22-17(27)23-13-14(24)8-3-1-2-4-11(8)21-16(26)15(13)25/h1-6H,(H4,21,22,23,24,25,26,27). The number of halogens is 3. The smallest absolute Gasteiger partial charge is 0.323 e. The van der Waals surface area contributed by atoms with E-state index in [-0.39, 0.29) is 31.7 Å². The fourth-order valence-electron chi connectivity index (χ4n) is 2.37. The van der Waals surface area contributed by atoms with Gasteiger partial charge in [0.15, 0.2) is 5.75 Å². The van der Waals surface area contributed by atoms with E-state index in [1.807, 2.05) is 0 Å². The molecule has 0 saturated heterocycles. The zero-order valence-corrected chi connectivity index (χ0v) is 15.5. The normalized spacial score (nSPS) is 10.6. The molecule has 4 N–H and O–H groups in total. The number of anilines is 2. The van der Waals surface area contributed by atoms with Crippen LogP contribution in [0.15, 0.2) is 46.0 Å².